The topological polar surface area (TPSA) is 33.1 Å². The van der Waals surface area contributed by atoms with Crippen molar-refractivity contribution >= 4 is 15.9 Å². The third-order valence-corrected chi connectivity index (χ3v) is 2.95. The molecular formula is C12H18BrNO. The molecule has 1 aromatic heterocycles. The van der Waals surface area contributed by atoms with E-state index in [2.05, 4.69) is 34.8 Å². The second-order valence-corrected chi connectivity index (χ2v) is 5.00. The molecule has 0 fully saturated rings. The fraction of sp³-hybridized carbons (Fsp3) is 0.583. The van der Waals surface area contributed by atoms with Crippen LogP contribution in [0.2, 0.25) is 0 Å². The van der Waals surface area contributed by atoms with Gasteiger partial charge in [0.1, 0.15) is 0 Å². The quantitative estimate of drug-likeness (QED) is 0.886. The summed E-state index contributed by atoms with van der Waals surface area (Å²) in [6, 6.07) is 1.93. The highest BCUT2D eigenvalue weighted by Gasteiger charge is 2.12. The minimum atomic E-state index is -0.392. The molecule has 0 saturated heterocycles. The van der Waals surface area contributed by atoms with Crippen molar-refractivity contribution in [3.05, 3.63) is 28.5 Å². The molecule has 0 bridgehead atoms. The SMILES string of the molecule is CCCC(C)CC(O)c1cncc(Br)c1. The molecule has 84 valence electrons. The van der Waals surface area contributed by atoms with E-state index in [4.69, 9.17) is 0 Å². The Bertz CT molecular complexity index is 303. The number of hydrogen-bond donors (Lipinski definition) is 1. The minimum absolute atomic E-state index is 0.392. The number of hydrogen-bond acceptors (Lipinski definition) is 2. The summed E-state index contributed by atoms with van der Waals surface area (Å²) >= 11 is 3.35. The fourth-order valence-electron chi connectivity index (χ4n) is 1.74. The van der Waals surface area contributed by atoms with E-state index in [0.29, 0.717) is 5.92 Å². The average Bonchev–Trinajstić information content (AvgIpc) is 2.18. The Labute approximate surface area is 99.9 Å². The summed E-state index contributed by atoms with van der Waals surface area (Å²) in [5, 5.41) is 9.98. The second kappa shape index (κ2) is 6.23. The van der Waals surface area contributed by atoms with Gasteiger partial charge in [0.15, 0.2) is 0 Å². The summed E-state index contributed by atoms with van der Waals surface area (Å²) in [4.78, 5) is 4.05. The zero-order chi connectivity index (χ0) is 11.3. The average molecular weight is 272 g/mol. The van der Waals surface area contributed by atoms with Gasteiger partial charge < -0.3 is 5.11 Å². The number of aliphatic hydroxyl groups excluding tert-OH is 1. The molecule has 2 unspecified atom stereocenters. The number of aliphatic hydroxyl groups is 1. The first-order valence-corrected chi connectivity index (χ1v) is 6.21. The monoisotopic (exact) mass is 271 g/mol. The van der Waals surface area contributed by atoms with Crippen molar-refractivity contribution < 1.29 is 5.11 Å². The zero-order valence-electron chi connectivity index (χ0n) is 9.28. The summed E-state index contributed by atoms with van der Waals surface area (Å²) in [6.45, 7) is 4.35. The predicted molar refractivity (Wildman–Crippen MR) is 65.6 cm³/mol. The van der Waals surface area contributed by atoms with Crippen LogP contribution in [0.25, 0.3) is 0 Å². The van der Waals surface area contributed by atoms with Crippen LogP contribution in [-0.2, 0) is 0 Å². The minimum Gasteiger partial charge on any atom is -0.388 e. The van der Waals surface area contributed by atoms with Crippen molar-refractivity contribution in [3.63, 3.8) is 0 Å². The Balaban J connectivity index is 2.56. The molecule has 1 heterocycles. The van der Waals surface area contributed by atoms with Crippen molar-refractivity contribution in [1.29, 1.82) is 0 Å². The van der Waals surface area contributed by atoms with Crippen LogP contribution in [0.5, 0.6) is 0 Å². The molecule has 0 aliphatic rings. The van der Waals surface area contributed by atoms with Gasteiger partial charge in [-0.2, -0.15) is 0 Å². The highest BCUT2D eigenvalue weighted by Crippen LogP contribution is 2.24. The first-order chi connectivity index (χ1) is 7.13. The standard InChI is InChI=1S/C12H18BrNO/c1-3-4-9(2)5-12(15)10-6-11(13)8-14-7-10/h6-9,12,15H,3-5H2,1-2H3. The lowest BCUT2D eigenvalue weighted by molar-refractivity contribution is 0.144. The Morgan fingerprint density at radius 2 is 2.20 bits per heavy atom. The molecule has 0 saturated carbocycles. The lowest BCUT2D eigenvalue weighted by atomic mass is 9.96. The van der Waals surface area contributed by atoms with Crippen LogP contribution in [-0.4, -0.2) is 10.1 Å². The molecule has 2 nitrogen and oxygen atoms in total. The van der Waals surface area contributed by atoms with Gasteiger partial charge in [-0.25, -0.2) is 0 Å². The maximum absolute atomic E-state index is 9.98. The van der Waals surface area contributed by atoms with Gasteiger partial charge in [0.05, 0.1) is 6.10 Å². The predicted octanol–water partition coefficient (Wildman–Crippen LogP) is 3.70. The van der Waals surface area contributed by atoms with E-state index >= 15 is 0 Å². The third kappa shape index (κ3) is 4.31. The second-order valence-electron chi connectivity index (χ2n) is 4.08. The molecule has 1 rings (SSSR count). The van der Waals surface area contributed by atoms with E-state index in [9.17, 15) is 5.11 Å². The maximum Gasteiger partial charge on any atom is 0.0807 e. The van der Waals surface area contributed by atoms with Crippen molar-refractivity contribution in [2.75, 3.05) is 0 Å². The lowest BCUT2D eigenvalue weighted by Crippen LogP contribution is -2.04. The molecule has 1 N–H and O–H groups in total. The van der Waals surface area contributed by atoms with Gasteiger partial charge in [0, 0.05) is 16.9 Å². The Morgan fingerprint density at radius 3 is 2.80 bits per heavy atom. The van der Waals surface area contributed by atoms with Crippen LogP contribution in [0.1, 0.15) is 44.8 Å². The van der Waals surface area contributed by atoms with E-state index in [0.717, 1.165) is 16.5 Å². The van der Waals surface area contributed by atoms with Gasteiger partial charge in [-0.05, 0) is 39.9 Å². The largest absolute Gasteiger partial charge is 0.388 e. The first kappa shape index (κ1) is 12.7. The van der Waals surface area contributed by atoms with Crippen molar-refractivity contribution in [2.24, 2.45) is 5.92 Å². The van der Waals surface area contributed by atoms with Crippen LogP contribution in [0.15, 0.2) is 22.9 Å². The van der Waals surface area contributed by atoms with Crippen LogP contribution in [0.3, 0.4) is 0 Å². The van der Waals surface area contributed by atoms with Gasteiger partial charge in [-0.15, -0.1) is 0 Å². The summed E-state index contributed by atoms with van der Waals surface area (Å²) in [7, 11) is 0. The van der Waals surface area contributed by atoms with E-state index in [-0.39, 0.29) is 0 Å². The maximum atomic E-state index is 9.98. The molecule has 3 heteroatoms. The van der Waals surface area contributed by atoms with Gasteiger partial charge in [-0.3, -0.25) is 4.98 Å². The number of pyridine rings is 1. The first-order valence-electron chi connectivity index (χ1n) is 5.42. The Morgan fingerprint density at radius 1 is 1.47 bits per heavy atom. The van der Waals surface area contributed by atoms with Crippen LogP contribution >= 0.6 is 15.9 Å². The van der Waals surface area contributed by atoms with Crippen molar-refractivity contribution in [2.45, 2.75) is 39.2 Å². The summed E-state index contributed by atoms with van der Waals surface area (Å²) in [5.74, 6) is 0.559. The highest BCUT2D eigenvalue weighted by molar-refractivity contribution is 9.10. The van der Waals surface area contributed by atoms with E-state index in [1.54, 1.807) is 12.4 Å². The molecule has 1 aromatic rings. The van der Waals surface area contributed by atoms with E-state index in [1.807, 2.05) is 6.07 Å². The van der Waals surface area contributed by atoms with Crippen molar-refractivity contribution in [3.8, 4) is 0 Å². The molecule has 0 radical (unpaired) electrons. The molecule has 0 aliphatic carbocycles. The molecule has 2 atom stereocenters. The smallest absolute Gasteiger partial charge is 0.0807 e. The summed E-state index contributed by atoms with van der Waals surface area (Å²) in [6.07, 6.45) is 6.21. The van der Waals surface area contributed by atoms with Crippen LogP contribution < -0.4 is 0 Å². The molecule has 0 aliphatic heterocycles. The number of nitrogens with zero attached hydrogens (tertiary/aromatic N) is 1. The molecule has 15 heavy (non-hydrogen) atoms. The lowest BCUT2D eigenvalue weighted by Gasteiger charge is -2.15. The Hall–Kier alpha value is -0.410. The van der Waals surface area contributed by atoms with Gasteiger partial charge in [0.25, 0.3) is 0 Å². The van der Waals surface area contributed by atoms with Crippen molar-refractivity contribution in [1.82, 2.24) is 4.98 Å². The van der Waals surface area contributed by atoms with E-state index < -0.39 is 6.10 Å². The normalized spacial score (nSPS) is 14.9. The molecule has 0 spiro atoms. The highest BCUT2D eigenvalue weighted by atomic mass is 79.9. The zero-order valence-corrected chi connectivity index (χ0v) is 10.9. The fourth-order valence-corrected chi connectivity index (χ4v) is 2.12. The number of rotatable bonds is 5. The Kier molecular flexibility index (Phi) is 5.26. The van der Waals surface area contributed by atoms with Crippen LogP contribution in [0, 0.1) is 5.92 Å². The van der Waals surface area contributed by atoms with E-state index in [1.165, 1.54) is 12.8 Å². The van der Waals surface area contributed by atoms with Gasteiger partial charge >= 0.3 is 0 Å². The van der Waals surface area contributed by atoms with Gasteiger partial charge in [0.2, 0.25) is 0 Å². The van der Waals surface area contributed by atoms with Gasteiger partial charge in [-0.1, -0.05) is 26.7 Å². The summed E-state index contributed by atoms with van der Waals surface area (Å²) in [5.41, 5.74) is 0.896. The number of halogens is 1. The van der Waals surface area contributed by atoms with Crippen LogP contribution in [0.4, 0.5) is 0 Å². The molecule has 0 aromatic carbocycles. The summed E-state index contributed by atoms with van der Waals surface area (Å²) < 4.78 is 0.919. The molecule has 0 amide bonds. The molecular weight excluding hydrogens is 254 g/mol. The third-order valence-electron chi connectivity index (χ3n) is 2.52. The number of aromatic nitrogens is 1.